The molecule has 166 valence electrons. The van der Waals surface area contributed by atoms with Crippen LogP contribution in [0.3, 0.4) is 0 Å². The number of ether oxygens (including phenoxy) is 1. The lowest BCUT2D eigenvalue weighted by atomic mass is 10.2. The van der Waals surface area contributed by atoms with Gasteiger partial charge < -0.3 is 25.6 Å². The highest BCUT2D eigenvalue weighted by molar-refractivity contribution is 6.31. The Labute approximate surface area is 189 Å². The standard InChI is InChI=1S/C22H22ClFN6O2/c1-14-25-20(13-21(26-14)30-8-10-32-11-9-30)27-15-2-4-16(5-3-15)28-22(31)29-17-6-7-19(24)18(23)12-17/h2-7,12-13H,8-11H2,1H3,(H,25,26,27)(H2,28,29,31). The van der Waals surface area contributed by atoms with E-state index >= 15 is 0 Å². The lowest BCUT2D eigenvalue weighted by Gasteiger charge is -2.28. The van der Waals surface area contributed by atoms with Crippen molar-refractivity contribution >= 4 is 46.3 Å². The molecule has 0 saturated carbocycles. The number of carbonyl (C=O) groups is 1. The van der Waals surface area contributed by atoms with Crippen LogP contribution in [0.15, 0.2) is 48.5 Å². The summed E-state index contributed by atoms with van der Waals surface area (Å²) in [6, 6.07) is 12.6. The minimum Gasteiger partial charge on any atom is -0.378 e. The number of hydrogen-bond donors (Lipinski definition) is 3. The molecule has 1 aromatic heterocycles. The van der Waals surface area contributed by atoms with E-state index in [0.29, 0.717) is 36.2 Å². The number of halogens is 2. The maximum atomic E-state index is 13.2. The summed E-state index contributed by atoms with van der Waals surface area (Å²) in [5.41, 5.74) is 1.80. The second-order valence-corrected chi connectivity index (χ2v) is 7.58. The number of nitrogens with one attached hydrogen (secondary N) is 3. The third-order valence-corrected chi connectivity index (χ3v) is 5.04. The van der Waals surface area contributed by atoms with Crippen molar-refractivity contribution in [3.63, 3.8) is 0 Å². The molecule has 1 aliphatic heterocycles. The van der Waals surface area contributed by atoms with Crippen LogP contribution in [0.25, 0.3) is 0 Å². The van der Waals surface area contributed by atoms with E-state index in [4.69, 9.17) is 16.3 Å². The van der Waals surface area contributed by atoms with Gasteiger partial charge in [0.25, 0.3) is 0 Å². The molecule has 2 aromatic carbocycles. The van der Waals surface area contributed by atoms with E-state index in [9.17, 15) is 9.18 Å². The van der Waals surface area contributed by atoms with Gasteiger partial charge in [-0.05, 0) is 49.4 Å². The van der Waals surface area contributed by atoms with Crippen molar-refractivity contribution in [2.75, 3.05) is 47.2 Å². The summed E-state index contributed by atoms with van der Waals surface area (Å²) in [5.74, 6) is 1.67. The van der Waals surface area contributed by atoms with Gasteiger partial charge in [0.05, 0.1) is 18.2 Å². The summed E-state index contributed by atoms with van der Waals surface area (Å²) < 4.78 is 18.6. The lowest BCUT2D eigenvalue weighted by molar-refractivity contribution is 0.122. The van der Waals surface area contributed by atoms with Crippen LogP contribution in [-0.4, -0.2) is 42.3 Å². The molecule has 8 nitrogen and oxygen atoms in total. The summed E-state index contributed by atoms with van der Waals surface area (Å²) in [6.07, 6.45) is 0. The number of anilines is 5. The Bertz CT molecular complexity index is 1110. The average Bonchev–Trinajstić information content (AvgIpc) is 2.78. The van der Waals surface area contributed by atoms with E-state index in [1.54, 1.807) is 12.1 Å². The lowest BCUT2D eigenvalue weighted by Crippen LogP contribution is -2.36. The van der Waals surface area contributed by atoms with Crippen molar-refractivity contribution in [1.29, 1.82) is 0 Å². The molecule has 2 amide bonds. The molecule has 4 rings (SSSR count). The highest BCUT2D eigenvalue weighted by Crippen LogP contribution is 2.23. The van der Waals surface area contributed by atoms with Gasteiger partial charge in [-0.15, -0.1) is 0 Å². The number of aryl methyl sites for hydroxylation is 1. The molecule has 1 saturated heterocycles. The molecule has 10 heteroatoms. The fraction of sp³-hybridized carbons (Fsp3) is 0.227. The molecular formula is C22H22ClFN6O2. The Balaban J connectivity index is 1.38. The maximum Gasteiger partial charge on any atom is 0.323 e. The molecule has 0 spiro atoms. The Morgan fingerprint density at radius 1 is 1.00 bits per heavy atom. The average molecular weight is 457 g/mol. The number of rotatable bonds is 5. The van der Waals surface area contributed by atoms with E-state index < -0.39 is 11.8 Å². The first-order valence-corrected chi connectivity index (χ1v) is 10.4. The third-order valence-electron chi connectivity index (χ3n) is 4.75. The van der Waals surface area contributed by atoms with Crippen molar-refractivity contribution in [2.24, 2.45) is 0 Å². The zero-order chi connectivity index (χ0) is 22.5. The Morgan fingerprint density at radius 2 is 1.66 bits per heavy atom. The molecule has 3 N–H and O–H groups in total. The van der Waals surface area contributed by atoms with Gasteiger partial charge >= 0.3 is 6.03 Å². The van der Waals surface area contributed by atoms with Crippen LogP contribution < -0.4 is 20.9 Å². The Morgan fingerprint density at radius 3 is 2.38 bits per heavy atom. The Hall–Kier alpha value is -3.43. The maximum absolute atomic E-state index is 13.2. The first kappa shape index (κ1) is 21.8. The fourth-order valence-corrected chi connectivity index (χ4v) is 3.40. The van der Waals surface area contributed by atoms with Crippen LogP contribution in [0.1, 0.15) is 5.82 Å². The summed E-state index contributed by atoms with van der Waals surface area (Å²) in [7, 11) is 0. The highest BCUT2D eigenvalue weighted by atomic mass is 35.5. The van der Waals surface area contributed by atoms with Crippen LogP contribution >= 0.6 is 11.6 Å². The molecule has 0 bridgehead atoms. The minimum atomic E-state index is -0.545. The van der Waals surface area contributed by atoms with Gasteiger partial charge in [-0.25, -0.2) is 19.2 Å². The number of benzene rings is 2. The highest BCUT2D eigenvalue weighted by Gasteiger charge is 2.14. The topological polar surface area (TPSA) is 91.4 Å². The van der Waals surface area contributed by atoms with Crippen molar-refractivity contribution in [3.05, 3.63) is 65.2 Å². The van der Waals surface area contributed by atoms with Gasteiger partial charge in [-0.2, -0.15) is 0 Å². The van der Waals surface area contributed by atoms with Crippen LogP contribution in [0.4, 0.5) is 37.9 Å². The zero-order valence-electron chi connectivity index (χ0n) is 17.4. The predicted octanol–water partition coefficient (Wildman–Crippen LogP) is 4.80. The van der Waals surface area contributed by atoms with Crippen molar-refractivity contribution in [3.8, 4) is 0 Å². The monoisotopic (exact) mass is 456 g/mol. The van der Waals surface area contributed by atoms with E-state index in [-0.39, 0.29) is 5.02 Å². The number of nitrogens with zero attached hydrogens (tertiary/aromatic N) is 3. The molecule has 2 heterocycles. The number of morpholine rings is 1. The molecule has 1 aliphatic rings. The Kier molecular flexibility index (Phi) is 6.67. The molecule has 1 fully saturated rings. The predicted molar refractivity (Wildman–Crippen MR) is 124 cm³/mol. The summed E-state index contributed by atoms with van der Waals surface area (Å²) in [4.78, 5) is 23.3. The first-order chi connectivity index (χ1) is 15.5. The second kappa shape index (κ2) is 9.80. The number of hydrogen-bond acceptors (Lipinski definition) is 6. The first-order valence-electron chi connectivity index (χ1n) is 10.0. The molecule has 0 radical (unpaired) electrons. The van der Waals surface area contributed by atoms with E-state index in [1.807, 2.05) is 25.1 Å². The van der Waals surface area contributed by atoms with E-state index in [0.717, 1.165) is 24.6 Å². The summed E-state index contributed by atoms with van der Waals surface area (Å²) in [5, 5.41) is 8.54. The van der Waals surface area contributed by atoms with E-state index in [1.165, 1.54) is 18.2 Å². The second-order valence-electron chi connectivity index (χ2n) is 7.17. The van der Waals surface area contributed by atoms with Crippen molar-refractivity contribution < 1.29 is 13.9 Å². The van der Waals surface area contributed by atoms with Gasteiger partial charge in [0.1, 0.15) is 23.3 Å². The smallest absolute Gasteiger partial charge is 0.323 e. The SMILES string of the molecule is Cc1nc(Nc2ccc(NC(=O)Nc3ccc(F)c(Cl)c3)cc2)cc(N2CCOCC2)n1. The van der Waals surface area contributed by atoms with Crippen molar-refractivity contribution in [1.82, 2.24) is 9.97 Å². The minimum absolute atomic E-state index is 0.0602. The molecule has 0 unspecified atom stereocenters. The number of urea groups is 1. The summed E-state index contributed by atoms with van der Waals surface area (Å²) in [6.45, 7) is 4.81. The largest absolute Gasteiger partial charge is 0.378 e. The fourth-order valence-electron chi connectivity index (χ4n) is 3.22. The molecule has 0 atom stereocenters. The molecule has 3 aromatic rings. The molecule has 32 heavy (non-hydrogen) atoms. The van der Waals surface area contributed by atoms with Crippen LogP contribution in [0, 0.1) is 12.7 Å². The summed E-state index contributed by atoms with van der Waals surface area (Å²) >= 11 is 5.73. The third kappa shape index (κ3) is 5.63. The van der Waals surface area contributed by atoms with Crippen LogP contribution in [-0.2, 0) is 4.74 Å². The quantitative estimate of drug-likeness (QED) is 0.510. The van der Waals surface area contributed by atoms with E-state index in [2.05, 4.69) is 30.8 Å². The van der Waals surface area contributed by atoms with Crippen LogP contribution in [0.2, 0.25) is 5.02 Å². The van der Waals surface area contributed by atoms with Crippen LogP contribution in [0.5, 0.6) is 0 Å². The van der Waals surface area contributed by atoms with Gasteiger partial charge in [0.2, 0.25) is 0 Å². The molecular weight excluding hydrogens is 435 g/mol. The van der Waals surface area contributed by atoms with Crippen molar-refractivity contribution in [2.45, 2.75) is 6.92 Å². The van der Waals surface area contributed by atoms with Gasteiger partial charge in [-0.3, -0.25) is 0 Å². The number of aromatic nitrogens is 2. The van der Waals surface area contributed by atoms with Gasteiger partial charge in [0.15, 0.2) is 0 Å². The van der Waals surface area contributed by atoms with Gasteiger partial charge in [0, 0.05) is 36.2 Å². The number of amides is 2. The molecule has 0 aliphatic carbocycles. The zero-order valence-corrected chi connectivity index (χ0v) is 18.1. The van der Waals surface area contributed by atoms with Gasteiger partial charge in [-0.1, -0.05) is 11.6 Å². The number of carbonyl (C=O) groups excluding carboxylic acids is 1. The normalized spacial score (nSPS) is 13.5.